The fourth-order valence-corrected chi connectivity index (χ4v) is 1.69. The predicted molar refractivity (Wildman–Crippen MR) is 66.2 cm³/mol. The minimum absolute atomic E-state index is 0.293. The molecule has 0 radical (unpaired) electrons. The van der Waals surface area contributed by atoms with Crippen molar-refractivity contribution in [3.8, 4) is 0 Å². The van der Waals surface area contributed by atoms with Gasteiger partial charge in [-0.2, -0.15) is 0 Å². The van der Waals surface area contributed by atoms with Crippen LogP contribution in [0.2, 0.25) is 0 Å². The van der Waals surface area contributed by atoms with E-state index in [1.54, 1.807) is 0 Å². The predicted octanol–water partition coefficient (Wildman–Crippen LogP) is 1.43. The van der Waals surface area contributed by atoms with Gasteiger partial charge in [0.1, 0.15) is 12.1 Å². The van der Waals surface area contributed by atoms with E-state index in [2.05, 4.69) is 0 Å². The van der Waals surface area contributed by atoms with Gasteiger partial charge < -0.3 is 10.2 Å². The van der Waals surface area contributed by atoms with Crippen LogP contribution in [0.25, 0.3) is 0 Å². The molecule has 0 aromatic heterocycles. The lowest BCUT2D eigenvalue weighted by atomic mass is 10.1. The lowest BCUT2D eigenvalue weighted by Gasteiger charge is -2.29. The molecule has 5 heteroatoms. The second-order valence-corrected chi connectivity index (χ2v) is 4.19. The summed E-state index contributed by atoms with van der Waals surface area (Å²) in [7, 11) is 0. The van der Waals surface area contributed by atoms with Crippen LogP contribution in [0.3, 0.4) is 0 Å². The van der Waals surface area contributed by atoms with Crippen molar-refractivity contribution in [3.05, 3.63) is 35.9 Å². The number of aliphatic carboxylic acids is 2. The molecule has 0 aliphatic rings. The van der Waals surface area contributed by atoms with E-state index < -0.39 is 24.0 Å². The van der Waals surface area contributed by atoms with Gasteiger partial charge in [-0.05, 0) is 19.4 Å². The second-order valence-electron chi connectivity index (χ2n) is 4.19. The van der Waals surface area contributed by atoms with Gasteiger partial charge in [-0.3, -0.25) is 14.5 Å². The second kappa shape index (κ2) is 6.16. The van der Waals surface area contributed by atoms with E-state index in [1.165, 1.54) is 18.7 Å². The Bertz CT molecular complexity index is 398. The van der Waals surface area contributed by atoms with Gasteiger partial charge in [-0.25, -0.2) is 0 Å². The monoisotopic (exact) mass is 251 g/mol. The summed E-state index contributed by atoms with van der Waals surface area (Å²) >= 11 is 0. The quantitative estimate of drug-likeness (QED) is 0.799. The van der Waals surface area contributed by atoms with Crippen molar-refractivity contribution in [2.24, 2.45) is 0 Å². The van der Waals surface area contributed by atoms with Gasteiger partial charge in [0.25, 0.3) is 0 Å². The molecule has 1 aromatic carbocycles. The summed E-state index contributed by atoms with van der Waals surface area (Å²) in [5.74, 6) is -2.06. The third-order valence-corrected chi connectivity index (χ3v) is 2.92. The highest BCUT2D eigenvalue weighted by atomic mass is 16.4. The first-order chi connectivity index (χ1) is 8.43. The fraction of sp³-hybridized carbons (Fsp3) is 0.385. The number of carbonyl (C=O) groups is 2. The molecule has 1 aromatic rings. The third-order valence-electron chi connectivity index (χ3n) is 2.92. The van der Waals surface area contributed by atoms with Gasteiger partial charge in [0.15, 0.2) is 0 Å². The van der Waals surface area contributed by atoms with Gasteiger partial charge >= 0.3 is 11.9 Å². The van der Waals surface area contributed by atoms with Crippen LogP contribution in [0.15, 0.2) is 30.3 Å². The highest BCUT2D eigenvalue weighted by molar-refractivity contribution is 5.76. The zero-order valence-corrected chi connectivity index (χ0v) is 10.4. The molecule has 1 rings (SSSR count). The maximum Gasteiger partial charge on any atom is 0.320 e. The molecule has 0 heterocycles. The Labute approximate surface area is 106 Å². The van der Waals surface area contributed by atoms with Gasteiger partial charge in [-0.1, -0.05) is 30.3 Å². The minimum Gasteiger partial charge on any atom is -0.480 e. The van der Waals surface area contributed by atoms with Gasteiger partial charge in [0.05, 0.1) is 0 Å². The van der Waals surface area contributed by atoms with Crippen molar-refractivity contribution >= 4 is 11.9 Å². The van der Waals surface area contributed by atoms with Crippen molar-refractivity contribution < 1.29 is 19.8 Å². The van der Waals surface area contributed by atoms with E-state index in [-0.39, 0.29) is 0 Å². The molecule has 2 atom stereocenters. The van der Waals surface area contributed by atoms with Crippen LogP contribution in [-0.4, -0.2) is 39.1 Å². The van der Waals surface area contributed by atoms with E-state index in [0.29, 0.717) is 6.54 Å². The van der Waals surface area contributed by atoms with Crippen molar-refractivity contribution in [2.45, 2.75) is 32.5 Å². The van der Waals surface area contributed by atoms with Crippen LogP contribution < -0.4 is 0 Å². The number of benzene rings is 1. The van der Waals surface area contributed by atoms with Gasteiger partial charge in [0.2, 0.25) is 0 Å². The molecule has 0 saturated carbocycles. The Kier molecular flexibility index (Phi) is 4.85. The Morgan fingerprint density at radius 3 is 1.89 bits per heavy atom. The third kappa shape index (κ3) is 3.56. The molecule has 0 unspecified atom stereocenters. The molecule has 98 valence electrons. The first kappa shape index (κ1) is 14.2. The molecular formula is C13H17NO4. The van der Waals surface area contributed by atoms with Crippen LogP contribution >= 0.6 is 0 Å². The SMILES string of the molecule is C[C@H](C(=O)O)N(Cc1ccccc1)[C@@H](C)C(=O)O. The average Bonchev–Trinajstić information content (AvgIpc) is 2.35. The lowest BCUT2D eigenvalue weighted by molar-refractivity contribution is -0.149. The van der Waals surface area contributed by atoms with Gasteiger partial charge in [0, 0.05) is 6.54 Å². The normalized spacial score (nSPS) is 14.2. The number of rotatable bonds is 6. The highest BCUT2D eigenvalue weighted by Crippen LogP contribution is 2.13. The number of carboxylic acid groups (broad SMARTS) is 2. The molecular weight excluding hydrogens is 234 g/mol. The van der Waals surface area contributed by atoms with Crippen LogP contribution in [0, 0.1) is 0 Å². The molecule has 0 bridgehead atoms. The Morgan fingerprint density at radius 1 is 1.06 bits per heavy atom. The number of nitrogens with zero attached hydrogens (tertiary/aromatic N) is 1. The van der Waals surface area contributed by atoms with E-state index in [0.717, 1.165) is 5.56 Å². The van der Waals surface area contributed by atoms with Crippen molar-refractivity contribution in [1.29, 1.82) is 0 Å². The molecule has 0 spiro atoms. The lowest BCUT2D eigenvalue weighted by Crippen LogP contribution is -2.47. The summed E-state index contributed by atoms with van der Waals surface area (Å²) < 4.78 is 0. The van der Waals surface area contributed by atoms with Gasteiger partial charge in [-0.15, -0.1) is 0 Å². The van der Waals surface area contributed by atoms with E-state index in [1.807, 2.05) is 30.3 Å². The average molecular weight is 251 g/mol. The van der Waals surface area contributed by atoms with Crippen LogP contribution in [0.1, 0.15) is 19.4 Å². The zero-order valence-electron chi connectivity index (χ0n) is 10.4. The van der Waals surface area contributed by atoms with Crippen LogP contribution in [0.5, 0.6) is 0 Å². The summed E-state index contributed by atoms with van der Waals surface area (Å²) in [4.78, 5) is 23.5. The van der Waals surface area contributed by atoms with Crippen LogP contribution in [-0.2, 0) is 16.1 Å². The maximum absolute atomic E-state index is 11.0. The van der Waals surface area contributed by atoms with Crippen molar-refractivity contribution in [3.63, 3.8) is 0 Å². The highest BCUT2D eigenvalue weighted by Gasteiger charge is 2.29. The van der Waals surface area contributed by atoms with Crippen molar-refractivity contribution in [1.82, 2.24) is 4.90 Å². The van der Waals surface area contributed by atoms with Crippen molar-refractivity contribution in [2.75, 3.05) is 0 Å². The summed E-state index contributed by atoms with van der Waals surface area (Å²) in [5.41, 5.74) is 0.888. The number of hydrogen-bond acceptors (Lipinski definition) is 3. The molecule has 0 aliphatic heterocycles. The first-order valence-corrected chi connectivity index (χ1v) is 5.68. The first-order valence-electron chi connectivity index (χ1n) is 5.68. The van der Waals surface area contributed by atoms with Crippen LogP contribution in [0.4, 0.5) is 0 Å². The molecule has 18 heavy (non-hydrogen) atoms. The Balaban J connectivity index is 2.91. The summed E-state index contributed by atoms with van der Waals surface area (Å²) in [6.45, 7) is 3.28. The standard InChI is InChI=1S/C13H17NO4/c1-9(12(15)16)14(10(2)13(17)18)8-11-6-4-3-5-7-11/h3-7,9-10H,8H2,1-2H3,(H,15,16)(H,17,18)/t9-,10+. The number of hydrogen-bond donors (Lipinski definition) is 2. The Hall–Kier alpha value is -1.88. The maximum atomic E-state index is 11.0. The topological polar surface area (TPSA) is 77.8 Å². The molecule has 5 nitrogen and oxygen atoms in total. The molecule has 2 N–H and O–H groups in total. The molecule has 0 fully saturated rings. The Morgan fingerprint density at radius 2 is 1.50 bits per heavy atom. The minimum atomic E-state index is -1.03. The van der Waals surface area contributed by atoms with E-state index in [4.69, 9.17) is 10.2 Å². The number of carboxylic acids is 2. The van der Waals surface area contributed by atoms with E-state index in [9.17, 15) is 9.59 Å². The molecule has 0 saturated heterocycles. The summed E-state index contributed by atoms with van der Waals surface area (Å²) in [6.07, 6.45) is 0. The largest absolute Gasteiger partial charge is 0.480 e. The summed E-state index contributed by atoms with van der Waals surface area (Å²) in [5, 5.41) is 18.1. The molecule has 0 aliphatic carbocycles. The zero-order chi connectivity index (χ0) is 13.7. The molecule has 0 amide bonds. The smallest absolute Gasteiger partial charge is 0.320 e. The van der Waals surface area contributed by atoms with E-state index >= 15 is 0 Å². The fourth-order valence-electron chi connectivity index (χ4n) is 1.69. The summed E-state index contributed by atoms with van der Waals surface area (Å²) in [6, 6.07) is 7.52.